The summed E-state index contributed by atoms with van der Waals surface area (Å²) in [6.45, 7) is 0. The van der Waals surface area contributed by atoms with E-state index in [0.29, 0.717) is 5.16 Å². The van der Waals surface area contributed by atoms with Crippen LogP contribution in [-0.2, 0) is 4.79 Å². The van der Waals surface area contributed by atoms with Crippen LogP contribution in [0.1, 0.15) is 0 Å². The molecule has 2 N–H and O–H groups in total. The van der Waals surface area contributed by atoms with Crippen molar-refractivity contribution < 1.29 is 18.7 Å². The largest absolute Gasteiger partial charge is 0.481 e. The van der Waals surface area contributed by atoms with E-state index in [-0.39, 0.29) is 17.0 Å². The molecular weight excluding hydrogens is 262 g/mol. The number of hydrogen-bond donors (Lipinski definition) is 2. The van der Waals surface area contributed by atoms with Crippen molar-refractivity contribution in [2.75, 3.05) is 5.75 Å². The second kappa shape index (κ2) is 5.18. The molecule has 94 valence electrons. The molecule has 2 rings (SSSR count). The van der Waals surface area contributed by atoms with Crippen molar-refractivity contribution in [1.29, 1.82) is 0 Å². The number of nitrogens with zero attached hydrogens (tertiary/aromatic N) is 1. The molecule has 0 aliphatic rings. The number of carboxylic acids is 1. The number of benzene rings is 1. The fourth-order valence-electron chi connectivity index (χ4n) is 1.39. The summed E-state index contributed by atoms with van der Waals surface area (Å²) in [6, 6.07) is 3.55. The van der Waals surface area contributed by atoms with Gasteiger partial charge in [0.25, 0.3) is 0 Å². The van der Waals surface area contributed by atoms with E-state index in [1.54, 1.807) is 0 Å². The minimum absolute atomic E-state index is 0.174. The average molecular weight is 270 g/mol. The van der Waals surface area contributed by atoms with Gasteiger partial charge in [-0.15, -0.1) is 0 Å². The summed E-state index contributed by atoms with van der Waals surface area (Å²) in [7, 11) is 0. The van der Waals surface area contributed by atoms with Crippen molar-refractivity contribution >= 4 is 17.7 Å². The second-order valence-electron chi connectivity index (χ2n) is 3.38. The van der Waals surface area contributed by atoms with E-state index >= 15 is 0 Å². The number of carboxylic acid groups (broad SMARTS) is 1. The van der Waals surface area contributed by atoms with Gasteiger partial charge in [0.05, 0.1) is 23.2 Å². The van der Waals surface area contributed by atoms with E-state index < -0.39 is 17.6 Å². The highest BCUT2D eigenvalue weighted by Crippen LogP contribution is 2.26. The molecule has 4 nitrogen and oxygen atoms in total. The Hall–Kier alpha value is -1.89. The molecule has 1 heterocycles. The van der Waals surface area contributed by atoms with Crippen LogP contribution in [0.25, 0.3) is 11.3 Å². The number of aromatic amines is 1. The van der Waals surface area contributed by atoms with Gasteiger partial charge in [0.2, 0.25) is 0 Å². The highest BCUT2D eigenvalue weighted by Gasteiger charge is 2.13. The number of halogens is 2. The minimum Gasteiger partial charge on any atom is -0.481 e. The minimum atomic E-state index is -0.991. The SMILES string of the molecule is O=C(O)CSc1ncc(-c2c(F)cccc2F)[nH]1. The summed E-state index contributed by atoms with van der Waals surface area (Å²) in [4.78, 5) is 16.9. The zero-order valence-corrected chi connectivity index (χ0v) is 9.80. The Labute approximate surface area is 105 Å². The molecule has 18 heavy (non-hydrogen) atoms. The van der Waals surface area contributed by atoms with Gasteiger partial charge in [0.15, 0.2) is 5.16 Å². The second-order valence-corrected chi connectivity index (χ2v) is 4.35. The van der Waals surface area contributed by atoms with Gasteiger partial charge >= 0.3 is 5.97 Å². The molecule has 0 saturated heterocycles. The monoisotopic (exact) mass is 270 g/mol. The maximum atomic E-state index is 13.5. The molecule has 0 radical (unpaired) electrons. The Kier molecular flexibility index (Phi) is 3.61. The molecule has 2 aromatic rings. The van der Waals surface area contributed by atoms with Crippen LogP contribution < -0.4 is 0 Å². The van der Waals surface area contributed by atoms with Crippen molar-refractivity contribution in [3.63, 3.8) is 0 Å². The third-order valence-corrected chi connectivity index (χ3v) is 2.99. The third-order valence-electron chi connectivity index (χ3n) is 2.12. The number of imidazole rings is 1. The van der Waals surface area contributed by atoms with Crippen LogP contribution in [-0.4, -0.2) is 26.8 Å². The maximum absolute atomic E-state index is 13.5. The number of aliphatic carboxylic acids is 1. The fraction of sp³-hybridized carbons (Fsp3) is 0.0909. The Balaban J connectivity index is 2.27. The molecule has 0 bridgehead atoms. The summed E-state index contributed by atoms with van der Waals surface area (Å²) in [5.74, 6) is -2.57. The molecule has 0 fully saturated rings. The van der Waals surface area contributed by atoms with Crippen LogP contribution in [0.2, 0.25) is 0 Å². The summed E-state index contributed by atoms with van der Waals surface area (Å²) in [6.07, 6.45) is 1.27. The number of thioether (sulfide) groups is 1. The van der Waals surface area contributed by atoms with Gasteiger partial charge in [-0.3, -0.25) is 4.79 Å². The van der Waals surface area contributed by atoms with Crippen LogP contribution in [0.4, 0.5) is 8.78 Å². The molecule has 0 spiro atoms. The molecule has 1 aromatic heterocycles. The molecule has 1 aromatic carbocycles. The molecule has 0 unspecified atom stereocenters. The lowest BCUT2D eigenvalue weighted by atomic mass is 10.1. The van der Waals surface area contributed by atoms with Crippen molar-refractivity contribution in [3.05, 3.63) is 36.0 Å². The molecule has 0 aliphatic heterocycles. The van der Waals surface area contributed by atoms with Gasteiger partial charge in [-0.2, -0.15) is 0 Å². The number of rotatable bonds is 4. The fourth-order valence-corrected chi connectivity index (χ4v) is 1.96. The topological polar surface area (TPSA) is 66.0 Å². The summed E-state index contributed by atoms with van der Waals surface area (Å²) >= 11 is 0.945. The zero-order chi connectivity index (χ0) is 13.1. The highest BCUT2D eigenvalue weighted by atomic mass is 32.2. The van der Waals surface area contributed by atoms with E-state index in [1.165, 1.54) is 12.3 Å². The average Bonchev–Trinajstić information content (AvgIpc) is 2.75. The quantitative estimate of drug-likeness (QED) is 0.838. The third kappa shape index (κ3) is 2.67. The lowest BCUT2D eigenvalue weighted by molar-refractivity contribution is -0.133. The first kappa shape index (κ1) is 12.6. The Morgan fingerprint density at radius 2 is 2.06 bits per heavy atom. The van der Waals surface area contributed by atoms with Crippen LogP contribution >= 0.6 is 11.8 Å². The number of carbonyl (C=O) groups is 1. The summed E-state index contributed by atoms with van der Waals surface area (Å²) in [5.41, 5.74) is -0.0225. The lowest BCUT2D eigenvalue weighted by Crippen LogP contribution is -1.97. The standard InChI is InChI=1S/C11H8F2N2O2S/c12-6-2-1-3-7(13)10(6)8-4-14-11(15-8)18-5-9(16)17/h1-4H,5H2,(H,14,15)(H,16,17). The van der Waals surface area contributed by atoms with Crippen LogP contribution in [0.3, 0.4) is 0 Å². The van der Waals surface area contributed by atoms with Gasteiger partial charge < -0.3 is 10.1 Å². The number of nitrogens with one attached hydrogen (secondary N) is 1. The maximum Gasteiger partial charge on any atom is 0.313 e. The predicted octanol–water partition coefficient (Wildman–Crippen LogP) is 2.53. The first-order valence-corrected chi connectivity index (χ1v) is 5.90. The van der Waals surface area contributed by atoms with Crippen molar-refractivity contribution in [2.45, 2.75) is 5.16 Å². The molecular formula is C11H8F2N2O2S. The summed E-state index contributed by atoms with van der Waals surface area (Å²) < 4.78 is 26.9. The molecule has 0 amide bonds. The van der Waals surface area contributed by atoms with Gasteiger partial charge in [0.1, 0.15) is 11.6 Å². The summed E-state index contributed by atoms with van der Waals surface area (Å²) in [5, 5.41) is 8.81. The van der Waals surface area contributed by atoms with Gasteiger partial charge in [-0.1, -0.05) is 17.8 Å². The molecule has 7 heteroatoms. The Morgan fingerprint density at radius 3 is 2.67 bits per heavy atom. The molecule has 0 aliphatic carbocycles. The first-order valence-electron chi connectivity index (χ1n) is 4.92. The zero-order valence-electron chi connectivity index (χ0n) is 8.98. The van der Waals surface area contributed by atoms with E-state index in [0.717, 1.165) is 23.9 Å². The van der Waals surface area contributed by atoms with E-state index in [1.807, 2.05) is 0 Å². The number of H-pyrrole nitrogens is 1. The normalized spacial score (nSPS) is 10.6. The Morgan fingerprint density at radius 1 is 1.39 bits per heavy atom. The van der Waals surface area contributed by atoms with E-state index in [2.05, 4.69) is 9.97 Å². The van der Waals surface area contributed by atoms with Crippen LogP contribution in [0.15, 0.2) is 29.6 Å². The highest BCUT2D eigenvalue weighted by molar-refractivity contribution is 7.99. The van der Waals surface area contributed by atoms with Crippen LogP contribution in [0, 0.1) is 11.6 Å². The number of aromatic nitrogens is 2. The lowest BCUT2D eigenvalue weighted by Gasteiger charge is -2.01. The van der Waals surface area contributed by atoms with Crippen molar-refractivity contribution in [3.8, 4) is 11.3 Å². The van der Waals surface area contributed by atoms with Gasteiger partial charge in [-0.05, 0) is 12.1 Å². The Bertz CT molecular complexity index is 566. The van der Waals surface area contributed by atoms with Crippen molar-refractivity contribution in [1.82, 2.24) is 9.97 Å². The molecule has 0 saturated carbocycles. The van der Waals surface area contributed by atoms with E-state index in [9.17, 15) is 13.6 Å². The van der Waals surface area contributed by atoms with Gasteiger partial charge in [0, 0.05) is 0 Å². The number of hydrogen-bond acceptors (Lipinski definition) is 3. The van der Waals surface area contributed by atoms with E-state index in [4.69, 9.17) is 5.11 Å². The smallest absolute Gasteiger partial charge is 0.313 e. The molecule has 0 atom stereocenters. The predicted molar refractivity (Wildman–Crippen MR) is 62.3 cm³/mol. The first-order chi connectivity index (χ1) is 8.58. The van der Waals surface area contributed by atoms with Gasteiger partial charge in [-0.25, -0.2) is 13.8 Å². The van der Waals surface area contributed by atoms with Crippen LogP contribution in [0.5, 0.6) is 0 Å². The van der Waals surface area contributed by atoms with Crippen molar-refractivity contribution in [2.24, 2.45) is 0 Å².